The number of nitro groups is 1. The molecule has 0 spiro atoms. The summed E-state index contributed by atoms with van der Waals surface area (Å²) < 4.78 is 27.1. The van der Waals surface area contributed by atoms with Gasteiger partial charge in [-0.2, -0.15) is 0 Å². The highest BCUT2D eigenvalue weighted by molar-refractivity contribution is 9.09. The van der Waals surface area contributed by atoms with E-state index in [1.165, 1.54) is 24.3 Å². The van der Waals surface area contributed by atoms with Gasteiger partial charge in [0, 0.05) is 23.0 Å². The van der Waals surface area contributed by atoms with Crippen LogP contribution in [0.25, 0.3) is 0 Å². The van der Waals surface area contributed by atoms with Gasteiger partial charge in [-0.1, -0.05) is 40.9 Å². The van der Waals surface area contributed by atoms with Gasteiger partial charge in [0.15, 0.2) is 0 Å². The average Bonchev–Trinajstić information content (AvgIpc) is 2.41. The molecule has 0 bridgehead atoms. The first kappa shape index (κ1) is 16.4. The number of nitrogens with one attached hydrogen (secondary N) is 1. The summed E-state index contributed by atoms with van der Waals surface area (Å²) in [5, 5.41) is 10.6. The van der Waals surface area contributed by atoms with Crippen LogP contribution in [0.2, 0.25) is 0 Å². The Labute approximate surface area is 132 Å². The Bertz CT molecular complexity index is 603. The number of nitrogens with zero attached hydrogens (tertiary/aromatic N) is 1. The van der Waals surface area contributed by atoms with Crippen LogP contribution in [0.5, 0.6) is 0 Å². The van der Waals surface area contributed by atoms with Crippen LogP contribution in [0, 0.1) is 10.1 Å². The Morgan fingerprint density at radius 2 is 1.86 bits per heavy atom. The molecule has 6 nitrogen and oxygen atoms in total. The molecule has 0 aromatic heterocycles. The molecule has 0 radical (unpaired) electrons. The van der Waals surface area contributed by atoms with E-state index in [1.54, 1.807) is 0 Å². The second kappa shape index (κ2) is 6.85. The highest BCUT2D eigenvalue weighted by atomic mass is 79.9. The maximum absolute atomic E-state index is 12.2. The van der Waals surface area contributed by atoms with Crippen LogP contribution in [0.1, 0.15) is 31.2 Å². The second-order valence-corrected chi connectivity index (χ2v) is 8.14. The van der Waals surface area contributed by atoms with Crippen LogP contribution in [0.3, 0.4) is 0 Å². The summed E-state index contributed by atoms with van der Waals surface area (Å²) in [7, 11) is -3.45. The molecule has 8 heteroatoms. The Hall–Kier alpha value is -0.990. The van der Waals surface area contributed by atoms with Crippen molar-refractivity contribution in [3.63, 3.8) is 0 Å². The first-order chi connectivity index (χ1) is 9.87. The molecule has 2 rings (SSSR count). The van der Waals surface area contributed by atoms with Gasteiger partial charge in [-0.15, -0.1) is 0 Å². The first-order valence-electron chi connectivity index (χ1n) is 6.75. The number of nitro benzene ring substituents is 1. The van der Waals surface area contributed by atoms with Gasteiger partial charge < -0.3 is 0 Å². The SMILES string of the molecule is O=[N+]([O-])c1ccc(CS(=O)(=O)NC2CCCCC2Br)cc1. The summed E-state index contributed by atoms with van der Waals surface area (Å²) in [6.45, 7) is 0. The van der Waals surface area contributed by atoms with Crippen LogP contribution in [0.15, 0.2) is 24.3 Å². The van der Waals surface area contributed by atoms with Crippen molar-refractivity contribution >= 4 is 31.6 Å². The molecule has 2 atom stereocenters. The lowest BCUT2D eigenvalue weighted by Gasteiger charge is -2.27. The number of hydrogen-bond acceptors (Lipinski definition) is 4. The summed E-state index contributed by atoms with van der Waals surface area (Å²) >= 11 is 3.52. The van der Waals surface area contributed by atoms with E-state index in [-0.39, 0.29) is 22.3 Å². The highest BCUT2D eigenvalue weighted by Crippen LogP contribution is 2.25. The fourth-order valence-corrected chi connectivity index (χ4v) is 4.78. The minimum absolute atomic E-state index is 0.0445. The van der Waals surface area contributed by atoms with Crippen molar-refractivity contribution in [2.75, 3.05) is 0 Å². The molecule has 0 heterocycles. The zero-order valence-corrected chi connectivity index (χ0v) is 13.8. The average molecular weight is 377 g/mol. The largest absolute Gasteiger partial charge is 0.269 e. The monoisotopic (exact) mass is 376 g/mol. The predicted octanol–water partition coefficient (Wildman–Crippen LogP) is 2.72. The molecule has 21 heavy (non-hydrogen) atoms. The predicted molar refractivity (Wildman–Crippen MR) is 83.8 cm³/mol. The van der Waals surface area contributed by atoms with Gasteiger partial charge in [-0.3, -0.25) is 10.1 Å². The molecular formula is C13H17BrN2O4S. The molecule has 1 aromatic rings. The normalized spacial score (nSPS) is 22.9. The van der Waals surface area contributed by atoms with E-state index >= 15 is 0 Å². The number of halogens is 1. The fourth-order valence-electron chi connectivity index (χ4n) is 2.42. The van der Waals surface area contributed by atoms with Gasteiger partial charge in [-0.05, 0) is 18.4 Å². The van der Waals surface area contributed by atoms with E-state index in [4.69, 9.17) is 0 Å². The van der Waals surface area contributed by atoms with Crippen LogP contribution in [-0.2, 0) is 15.8 Å². The van der Waals surface area contributed by atoms with Crippen molar-refractivity contribution in [2.24, 2.45) is 0 Å². The Balaban J connectivity index is 2.01. The minimum Gasteiger partial charge on any atom is -0.258 e. The first-order valence-corrected chi connectivity index (χ1v) is 9.31. The molecule has 0 aliphatic heterocycles. The standard InChI is InChI=1S/C13H17BrN2O4S/c14-12-3-1-2-4-13(12)15-21(19,20)9-10-5-7-11(8-6-10)16(17)18/h5-8,12-13,15H,1-4,9H2. The Morgan fingerprint density at radius 3 is 2.43 bits per heavy atom. The maximum Gasteiger partial charge on any atom is 0.269 e. The van der Waals surface area contributed by atoms with Crippen molar-refractivity contribution in [3.05, 3.63) is 39.9 Å². The van der Waals surface area contributed by atoms with E-state index in [2.05, 4.69) is 20.7 Å². The van der Waals surface area contributed by atoms with Gasteiger partial charge >= 0.3 is 0 Å². The zero-order chi connectivity index (χ0) is 15.5. The van der Waals surface area contributed by atoms with Gasteiger partial charge in [-0.25, -0.2) is 13.1 Å². The molecule has 1 N–H and O–H groups in total. The topological polar surface area (TPSA) is 89.3 Å². The number of hydrogen-bond donors (Lipinski definition) is 1. The van der Waals surface area contributed by atoms with Crippen molar-refractivity contribution in [1.82, 2.24) is 4.72 Å². The summed E-state index contributed by atoms with van der Waals surface area (Å²) in [5.41, 5.74) is 0.493. The summed E-state index contributed by atoms with van der Waals surface area (Å²) in [4.78, 5) is 10.2. The molecule has 1 aliphatic rings. The van der Waals surface area contributed by atoms with Crippen LogP contribution >= 0.6 is 15.9 Å². The van der Waals surface area contributed by atoms with Crippen LogP contribution < -0.4 is 4.72 Å². The molecule has 1 saturated carbocycles. The maximum atomic E-state index is 12.2. The fraction of sp³-hybridized carbons (Fsp3) is 0.538. The number of benzene rings is 1. The van der Waals surface area contributed by atoms with E-state index in [0.29, 0.717) is 5.56 Å². The van der Waals surface area contributed by atoms with Crippen molar-refractivity contribution < 1.29 is 13.3 Å². The molecule has 2 unspecified atom stereocenters. The highest BCUT2D eigenvalue weighted by Gasteiger charge is 2.27. The van der Waals surface area contributed by atoms with E-state index < -0.39 is 14.9 Å². The van der Waals surface area contributed by atoms with Gasteiger partial charge in [0.05, 0.1) is 10.7 Å². The molecule has 116 valence electrons. The molecule has 1 aromatic carbocycles. The number of sulfonamides is 1. The second-order valence-electron chi connectivity index (χ2n) is 5.21. The number of non-ortho nitro benzene ring substituents is 1. The van der Waals surface area contributed by atoms with Gasteiger partial charge in [0.2, 0.25) is 10.0 Å². The van der Waals surface area contributed by atoms with Gasteiger partial charge in [0.25, 0.3) is 5.69 Å². The summed E-state index contributed by atoms with van der Waals surface area (Å²) in [6.07, 6.45) is 3.92. The summed E-state index contributed by atoms with van der Waals surface area (Å²) in [6, 6.07) is 5.51. The molecule has 0 saturated heterocycles. The third-order valence-electron chi connectivity index (χ3n) is 3.52. The van der Waals surface area contributed by atoms with Crippen LogP contribution in [-0.4, -0.2) is 24.2 Å². The molecule has 1 aliphatic carbocycles. The third kappa shape index (κ3) is 4.76. The quantitative estimate of drug-likeness (QED) is 0.485. The Kier molecular flexibility index (Phi) is 5.34. The molecular weight excluding hydrogens is 360 g/mol. The molecule has 0 amide bonds. The van der Waals surface area contributed by atoms with E-state index in [0.717, 1.165) is 25.7 Å². The van der Waals surface area contributed by atoms with Crippen molar-refractivity contribution in [2.45, 2.75) is 42.3 Å². The number of rotatable bonds is 5. The smallest absolute Gasteiger partial charge is 0.258 e. The lowest BCUT2D eigenvalue weighted by molar-refractivity contribution is -0.384. The van der Waals surface area contributed by atoms with Crippen LogP contribution in [0.4, 0.5) is 5.69 Å². The minimum atomic E-state index is -3.45. The lowest BCUT2D eigenvalue weighted by Crippen LogP contribution is -2.43. The molecule has 1 fully saturated rings. The van der Waals surface area contributed by atoms with E-state index in [1.807, 2.05) is 0 Å². The van der Waals surface area contributed by atoms with E-state index in [9.17, 15) is 18.5 Å². The third-order valence-corrected chi connectivity index (χ3v) is 5.99. The van der Waals surface area contributed by atoms with Crippen molar-refractivity contribution in [1.29, 1.82) is 0 Å². The Morgan fingerprint density at radius 1 is 1.24 bits per heavy atom. The lowest BCUT2D eigenvalue weighted by atomic mass is 9.96. The van der Waals surface area contributed by atoms with Gasteiger partial charge in [0.1, 0.15) is 0 Å². The van der Waals surface area contributed by atoms with Crippen molar-refractivity contribution in [3.8, 4) is 0 Å². The number of alkyl halides is 1. The zero-order valence-electron chi connectivity index (χ0n) is 11.4. The summed E-state index contributed by atoms with van der Waals surface area (Å²) in [5.74, 6) is -0.165.